The van der Waals surface area contributed by atoms with Gasteiger partial charge in [-0.05, 0) is 39.5 Å². The van der Waals surface area contributed by atoms with E-state index in [4.69, 9.17) is 0 Å². The van der Waals surface area contributed by atoms with E-state index in [0.717, 1.165) is 18.9 Å². The maximum absolute atomic E-state index is 4.08. The number of hydrogen-bond acceptors (Lipinski definition) is 1. The fraction of sp³-hybridized carbons (Fsp3) is 0.900. The van der Waals surface area contributed by atoms with Crippen molar-refractivity contribution in [3.05, 3.63) is 5.32 Å². The van der Waals surface area contributed by atoms with Gasteiger partial charge in [-0.3, -0.25) is 0 Å². The SMILES string of the molecule is CN=C([N-]C)N(C)CCC(C)(C)C.[Rh]. The maximum Gasteiger partial charge on any atom is 0.00833 e. The molecule has 4 heteroatoms. The fourth-order valence-electron chi connectivity index (χ4n) is 1.04. The zero-order chi connectivity index (χ0) is 10.5. The van der Waals surface area contributed by atoms with Gasteiger partial charge in [0.2, 0.25) is 0 Å². The van der Waals surface area contributed by atoms with Gasteiger partial charge in [-0.2, -0.15) is 0 Å². The van der Waals surface area contributed by atoms with E-state index in [-0.39, 0.29) is 19.5 Å². The van der Waals surface area contributed by atoms with Gasteiger partial charge in [-0.1, -0.05) is 20.8 Å². The molecule has 0 aliphatic heterocycles. The second-order valence-corrected chi connectivity index (χ2v) is 4.48. The quantitative estimate of drug-likeness (QED) is 0.435. The van der Waals surface area contributed by atoms with Crippen LogP contribution in [-0.2, 0) is 19.5 Å². The third-order valence-electron chi connectivity index (χ3n) is 1.94. The van der Waals surface area contributed by atoms with Gasteiger partial charge in [0.15, 0.2) is 0 Å². The standard InChI is InChI=1S/C10H22N3.Rh/c1-10(2,3)7-8-13(6)9(11-4)12-5;/h7-8H2,1-6H3;/q-1;. The predicted octanol–water partition coefficient (Wildman–Crippen LogP) is 2.34. The topological polar surface area (TPSA) is 29.7 Å². The molecule has 0 aromatic rings. The Hall–Kier alpha value is -0.107. The zero-order valence-corrected chi connectivity index (χ0v) is 11.7. The molecule has 0 spiro atoms. The molecule has 0 bridgehead atoms. The number of aliphatic imine (C=N–C) groups is 1. The van der Waals surface area contributed by atoms with E-state index in [2.05, 4.69) is 36.0 Å². The Labute approximate surface area is 101 Å². The normalized spacial score (nSPS) is 12.0. The van der Waals surface area contributed by atoms with Crippen molar-refractivity contribution in [1.29, 1.82) is 0 Å². The maximum atomic E-state index is 4.08. The summed E-state index contributed by atoms with van der Waals surface area (Å²) in [5.74, 6) is 0.823. The largest absolute Gasteiger partial charge is 0.429 e. The number of rotatable bonds is 2. The van der Waals surface area contributed by atoms with Crippen LogP contribution in [0.1, 0.15) is 27.2 Å². The van der Waals surface area contributed by atoms with Crippen LogP contribution in [0.15, 0.2) is 4.99 Å². The first-order chi connectivity index (χ1) is 5.90. The van der Waals surface area contributed by atoms with E-state index < -0.39 is 0 Å². The van der Waals surface area contributed by atoms with Gasteiger partial charge >= 0.3 is 0 Å². The summed E-state index contributed by atoms with van der Waals surface area (Å²) in [6, 6.07) is 0. The average molecular weight is 287 g/mol. The summed E-state index contributed by atoms with van der Waals surface area (Å²) in [6.07, 6.45) is 1.15. The Kier molecular flexibility index (Phi) is 8.42. The van der Waals surface area contributed by atoms with Crippen LogP contribution in [0.4, 0.5) is 0 Å². The van der Waals surface area contributed by atoms with Gasteiger partial charge in [0, 0.05) is 25.4 Å². The van der Waals surface area contributed by atoms with Gasteiger partial charge < -0.3 is 15.2 Å². The molecule has 0 heterocycles. The van der Waals surface area contributed by atoms with Crippen LogP contribution in [0, 0.1) is 5.41 Å². The molecule has 0 aliphatic rings. The minimum absolute atomic E-state index is 0. The van der Waals surface area contributed by atoms with Gasteiger partial charge in [0.25, 0.3) is 0 Å². The van der Waals surface area contributed by atoms with Crippen molar-refractivity contribution in [2.45, 2.75) is 27.2 Å². The van der Waals surface area contributed by atoms with Crippen molar-refractivity contribution in [2.24, 2.45) is 10.4 Å². The molecule has 0 amide bonds. The van der Waals surface area contributed by atoms with Crippen LogP contribution in [0.2, 0.25) is 0 Å². The number of hydrogen-bond donors (Lipinski definition) is 0. The van der Waals surface area contributed by atoms with E-state index in [0.29, 0.717) is 5.41 Å². The smallest absolute Gasteiger partial charge is 0.00833 e. The van der Waals surface area contributed by atoms with E-state index in [1.807, 2.05) is 7.05 Å². The minimum atomic E-state index is 0. The van der Waals surface area contributed by atoms with Gasteiger partial charge in [-0.15, -0.1) is 0 Å². The van der Waals surface area contributed by atoms with Crippen molar-refractivity contribution in [1.82, 2.24) is 4.90 Å². The fourth-order valence-corrected chi connectivity index (χ4v) is 1.04. The number of nitrogens with zero attached hydrogens (tertiary/aromatic N) is 3. The Morgan fingerprint density at radius 3 is 2.14 bits per heavy atom. The molecule has 0 aliphatic carbocycles. The second kappa shape index (κ2) is 7.22. The average Bonchev–Trinajstić information content (AvgIpc) is 2.02. The predicted molar refractivity (Wildman–Crippen MR) is 59.3 cm³/mol. The summed E-state index contributed by atoms with van der Waals surface area (Å²) in [5.41, 5.74) is 0.376. The van der Waals surface area contributed by atoms with E-state index in [1.165, 1.54) is 0 Å². The third-order valence-corrected chi connectivity index (χ3v) is 1.94. The van der Waals surface area contributed by atoms with Crippen molar-refractivity contribution < 1.29 is 19.5 Å². The van der Waals surface area contributed by atoms with Crippen molar-refractivity contribution in [3.8, 4) is 0 Å². The molecule has 0 atom stereocenters. The summed E-state index contributed by atoms with van der Waals surface area (Å²) in [7, 11) is 5.58. The molecule has 0 rings (SSSR count). The van der Waals surface area contributed by atoms with Gasteiger partial charge in [0.1, 0.15) is 0 Å². The molecule has 0 unspecified atom stereocenters. The Bertz CT molecular complexity index is 173. The molecule has 0 aromatic heterocycles. The van der Waals surface area contributed by atoms with Crippen LogP contribution in [0.3, 0.4) is 0 Å². The molecule has 0 saturated carbocycles. The molecule has 1 radical (unpaired) electrons. The first-order valence-electron chi connectivity index (χ1n) is 4.68. The molecule has 0 aromatic carbocycles. The third kappa shape index (κ3) is 7.31. The van der Waals surface area contributed by atoms with Crippen LogP contribution in [0.5, 0.6) is 0 Å². The molecule has 14 heavy (non-hydrogen) atoms. The molecule has 0 fully saturated rings. The summed E-state index contributed by atoms with van der Waals surface area (Å²) in [5, 5.41) is 4.08. The zero-order valence-electron chi connectivity index (χ0n) is 10.1. The molecular weight excluding hydrogens is 265 g/mol. The first-order valence-corrected chi connectivity index (χ1v) is 4.68. The Morgan fingerprint density at radius 1 is 1.36 bits per heavy atom. The first kappa shape index (κ1) is 16.3. The monoisotopic (exact) mass is 287 g/mol. The van der Waals surface area contributed by atoms with E-state index in [1.54, 1.807) is 14.1 Å². The van der Waals surface area contributed by atoms with Crippen LogP contribution < -0.4 is 0 Å². The van der Waals surface area contributed by atoms with Gasteiger partial charge in [0.05, 0.1) is 0 Å². The number of guanidine groups is 1. The Balaban J connectivity index is 0. The van der Waals surface area contributed by atoms with Crippen LogP contribution >= 0.6 is 0 Å². The molecule has 0 N–H and O–H groups in total. The molecule has 3 nitrogen and oxygen atoms in total. The van der Waals surface area contributed by atoms with Crippen LogP contribution in [0.25, 0.3) is 5.32 Å². The van der Waals surface area contributed by atoms with Crippen molar-refractivity contribution >= 4 is 5.96 Å². The van der Waals surface area contributed by atoms with Crippen molar-refractivity contribution in [3.63, 3.8) is 0 Å². The summed E-state index contributed by atoms with van der Waals surface area (Å²) < 4.78 is 0. The van der Waals surface area contributed by atoms with Gasteiger partial charge in [-0.25, -0.2) is 0 Å². The molecule has 87 valence electrons. The molecular formula is C10H22N3Rh-. The Morgan fingerprint density at radius 2 is 1.86 bits per heavy atom. The summed E-state index contributed by atoms with van der Waals surface area (Å²) in [6.45, 7) is 7.74. The van der Waals surface area contributed by atoms with E-state index in [9.17, 15) is 0 Å². The van der Waals surface area contributed by atoms with E-state index >= 15 is 0 Å². The summed E-state index contributed by atoms with van der Waals surface area (Å²) in [4.78, 5) is 6.17. The summed E-state index contributed by atoms with van der Waals surface area (Å²) >= 11 is 0. The van der Waals surface area contributed by atoms with Crippen LogP contribution in [-0.4, -0.2) is 38.5 Å². The van der Waals surface area contributed by atoms with Crippen molar-refractivity contribution in [2.75, 3.05) is 27.7 Å². The molecule has 0 saturated heterocycles. The minimum Gasteiger partial charge on any atom is -0.429 e. The second-order valence-electron chi connectivity index (χ2n) is 4.48.